The minimum absolute atomic E-state index is 0.195. The number of benzene rings is 2. The predicted octanol–water partition coefficient (Wildman–Crippen LogP) is 7.25. The van der Waals surface area contributed by atoms with Crippen LogP contribution in [0.3, 0.4) is 0 Å². The van der Waals surface area contributed by atoms with Crippen LogP contribution in [-0.2, 0) is 6.42 Å². The van der Waals surface area contributed by atoms with Crippen LogP contribution >= 0.6 is 10.7 Å². The molecular weight excluding hydrogens is 346 g/mol. The molecule has 27 heavy (non-hydrogen) atoms. The first kappa shape index (κ1) is 23.0. The van der Waals surface area contributed by atoms with Crippen LogP contribution in [0.2, 0.25) is 0 Å². The zero-order chi connectivity index (χ0) is 20.1. The molecule has 0 saturated heterocycles. The molecule has 0 aromatic heterocycles. The average molecular weight is 382 g/mol. The first-order chi connectivity index (χ1) is 13.2. The van der Waals surface area contributed by atoms with Crippen molar-refractivity contribution >= 4 is 16.5 Å². The van der Waals surface area contributed by atoms with Gasteiger partial charge in [-0.05, 0) is 36.5 Å². The van der Waals surface area contributed by atoms with Crippen molar-refractivity contribution < 1.29 is 0 Å². The third-order valence-electron chi connectivity index (χ3n) is 4.25. The van der Waals surface area contributed by atoms with Crippen LogP contribution in [0.5, 0.6) is 0 Å². The van der Waals surface area contributed by atoms with Crippen LogP contribution in [0.1, 0.15) is 39.2 Å². The Kier molecular flexibility index (Phi) is 11.2. The minimum atomic E-state index is -0.195. The summed E-state index contributed by atoms with van der Waals surface area (Å²) in [6, 6.07) is 20.8. The van der Waals surface area contributed by atoms with Crippen LogP contribution in [0.25, 0.3) is 0 Å². The molecule has 0 spiro atoms. The lowest BCUT2D eigenvalue weighted by atomic mass is 10.1. The third kappa shape index (κ3) is 8.45. The van der Waals surface area contributed by atoms with Crippen molar-refractivity contribution in [3.8, 4) is 0 Å². The van der Waals surface area contributed by atoms with Gasteiger partial charge in [0.05, 0.1) is 0 Å². The van der Waals surface area contributed by atoms with E-state index in [2.05, 4.69) is 73.1 Å². The summed E-state index contributed by atoms with van der Waals surface area (Å²) in [5.74, 6) is 5.33. The molecule has 1 aliphatic carbocycles. The summed E-state index contributed by atoms with van der Waals surface area (Å²) in [6.07, 6.45) is 5.65. The normalized spacial score (nSPS) is 17.9. The van der Waals surface area contributed by atoms with Crippen LogP contribution in [0, 0.1) is 11.8 Å². The monoisotopic (exact) mass is 381 g/mol. The highest BCUT2D eigenvalue weighted by atomic mass is 32.2. The quantitative estimate of drug-likeness (QED) is 0.393. The summed E-state index contributed by atoms with van der Waals surface area (Å²) in [4.78, 5) is 1.22. The summed E-state index contributed by atoms with van der Waals surface area (Å²) >= 11 is 0. The average Bonchev–Trinajstić information content (AvgIpc) is 3.52. The van der Waals surface area contributed by atoms with Crippen LogP contribution in [0.15, 0.2) is 90.5 Å². The molecule has 1 fully saturated rings. The van der Waals surface area contributed by atoms with Gasteiger partial charge in [0.2, 0.25) is 0 Å². The standard InChI is InChI=1S/C14H17NS.C9H12.C2H6/c1-4-12-10-14(12)11(2)15-16(3)13-8-6-5-7-9-13;1-2-6-9-7-4-3-5-8-9;1-2/h4-9,12,14-15H,1-3,10H2;3-5,7-8H,2,6H2,1H3;1-2H3. The molecule has 2 heteroatoms. The fourth-order valence-corrected chi connectivity index (χ4v) is 3.76. The summed E-state index contributed by atoms with van der Waals surface area (Å²) in [6.45, 7) is 14.1. The second kappa shape index (κ2) is 13.2. The fraction of sp³-hybridized carbons (Fsp3) is 0.320. The number of hydrogen-bond acceptors (Lipinski definition) is 1. The second-order valence-corrected chi connectivity index (χ2v) is 7.77. The van der Waals surface area contributed by atoms with Crippen LogP contribution < -0.4 is 4.72 Å². The van der Waals surface area contributed by atoms with E-state index in [4.69, 9.17) is 0 Å². The van der Waals surface area contributed by atoms with Crippen molar-refractivity contribution in [2.45, 2.75) is 44.9 Å². The molecule has 3 atom stereocenters. The van der Waals surface area contributed by atoms with Crippen molar-refractivity contribution in [3.05, 3.63) is 91.2 Å². The maximum atomic E-state index is 4.14. The largest absolute Gasteiger partial charge is 0.336 e. The van der Waals surface area contributed by atoms with Crippen LogP contribution in [-0.4, -0.2) is 5.87 Å². The Bertz CT molecular complexity index is 691. The van der Waals surface area contributed by atoms with Gasteiger partial charge in [-0.25, -0.2) is 0 Å². The molecule has 1 nitrogen and oxygen atoms in total. The number of nitrogens with one attached hydrogen (secondary N) is 1. The van der Waals surface area contributed by atoms with Gasteiger partial charge in [0.25, 0.3) is 0 Å². The van der Waals surface area contributed by atoms with Crippen molar-refractivity contribution in [2.24, 2.45) is 11.8 Å². The minimum Gasteiger partial charge on any atom is -0.336 e. The van der Waals surface area contributed by atoms with E-state index >= 15 is 0 Å². The Balaban J connectivity index is 0.000000282. The SMILES string of the molecule is C=CC1CC1C(=C)NS(=C)c1ccccc1.CC.CCCc1ccccc1. The highest BCUT2D eigenvalue weighted by molar-refractivity contribution is 8.12. The van der Waals surface area contributed by atoms with E-state index in [1.807, 2.05) is 38.1 Å². The maximum absolute atomic E-state index is 4.14. The Morgan fingerprint density at radius 3 is 2.11 bits per heavy atom. The number of aryl methyl sites for hydroxylation is 1. The molecule has 2 aromatic rings. The zero-order valence-corrected chi connectivity index (χ0v) is 18.0. The molecule has 2 aromatic carbocycles. The maximum Gasteiger partial charge on any atom is 0.0203 e. The van der Waals surface area contributed by atoms with Crippen LogP contribution in [0.4, 0.5) is 0 Å². The molecule has 0 heterocycles. The smallest absolute Gasteiger partial charge is 0.0203 e. The Labute approximate surface area is 169 Å². The van der Waals surface area contributed by atoms with Gasteiger partial charge in [-0.3, -0.25) is 0 Å². The number of rotatable bonds is 7. The first-order valence-electron chi connectivity index (χ1n) is 9.86. The van der Waals surface area contributed by atoms with Gasteiger partial charge in [0, 0.05) is 16.5 Å². The lowest BCUT2D eigenvalue weighted by Gasteiger charge is -2.13. The van der Waals surface area contributed by atoms with E-state index in [0.717, 1.165) is 5.70 Å². The van der Waals surface area contributed by atoms with E-state index < -0.39 is 0 Å². The highest BCUT2D eigenvalue weighted by Gasteiger charge is 2.36. The summed E-state index contributed by atoms with van der Waals surface area (Å²) < 4.78 is 3.40. The molecule has 0 amide bonds. The van der Waals surface area contributed by atoms with Crippen molar-refractivity contribution in [2.75, 3.05) is 0 Å². The van der Waals surface area contributed by atoms with E-state index in [9.17, 15) is 0 Å². The Morgan fingerprint density at radius 2 is 1.63 bits per heavy atom. The number of allylic oxidation sites excluding steroid dienone is 2. The lowest BCUT2D eigenvalue weighted by molar-refractivity contribution is 0.886. The Morgan fingerprint density at radius 1 is 1.07 bits per heavy atom. The van der Waals surface area contributed by atoms with Gasteiger partial charge in [-0.15, -0.1) is 6.58 Å². The topological polar surface area (TPSA) is 12.0 Å². The second-order valence-electron chi connectivity index (χ2n) is 6.31. The van der Waals surface area contributed by atoms with Gasteiger partial charge >= 0.3 is 0 Å². The Hall–Kier alpha value is -2.06. The molecule has 0 bridgehead atoms. The van der Waals surface area contributed by atoms with E-state index in [1.165, 1.54) is 29.7 Å². The molecule has 1 N–H and O–H groups in total. The van der Waals surface area contributed by atoms with Gasteiger partial charge in [0.15, 0.2) is 0 Å². The van der Waals surface area contributed by atoms with Crippen molar-refractivity contribution in [3.63, 3.8) is 0 Å². The van der Waals surface area contributed by atoms with Gasteiger partial charge < -0.3 is 4.72 Å². The van der Waals surface area contributed by atoms with E-state index in [-0.39, 0.29) is 10.7 Å². The molecule has 146 valence electrons. The van der Waals surface area contributed by atoms with Crippen molar-refractivity contribution in [1.29, 1.82) is 0 Å². The molecule has 3 rings (SSSR count). The van der Waals surface area contributed by atoms with E-state index in [0.29, 0.717) is 11.8 Å². The third-order valence-corrected chi connectivity index (χ3v) is 5.60. The zero-order valence-electron chi connectivity index (χ0n) is 17.2. The molecule has 0 aliphatic heterocycles. The molecule has 3 unspecified atom stereocenters. The summed E-state index contributed by atoms with van der Waals surface area (Å²) in [5, 5.41) is 0. The summed E-state index contributed by atoms with van der Waals surface area (Å²) in [5.41, 5.74) is 2.55. The first-order valence-corrected chi connectivity index (χ1v) is 11.3. The molecule has 1 aliphatic rings. The molecule has 0 radical (unpaired) electrons. The highest BCUT2D eigenvalue weighted by Crippen LogP contribution is 2.44. The van der Waals surface area contributed by atoms with Gasteiger partial charge in [0.1, 0.15) is 0 Å². The van der Waals surface area contributed by atoms with E-state index in [1.54, 1.807) is 0 Å². The lowest BCUT2D eigenvalue weighted by Crippen LogP contribution is -2.07. The van der Waals surface area contributed by atoms with Gasteiger partial charge in [-0.1, -0.05) is 105 Å². The number of hydrogen-bond donors (Lipinski definition) is 1. The fourth-order valence-electron chi connectivity index (χ4n) is 2.69. The summed E-state index contributed by atoms with van der Waals surface area (Å²) in [7, 11) is -0.195. The molecular formula is C25H35NS. The van der Waals surface area contributed by atoms with Crippen molar-refractivity contribution in [1.82, 2.24) is 4.72 Å². The molecule has 1 saturated carbocycles. The predicted molar refractivity (Wildman–Crippen MR) is 125 cm³/mol. The van der Waals surface area contributed by atoms with Gasteiger partial charge in [-0.2, -0.15) is 0 Å².